The molecule has 0 aliphatic carbocycles. The molecular weight excluding hydrogens is 473 g/mol. The third-order valence-electron chi connectivity index (χ3n) is 4.54. The average Bonchev–Trinajstić information content (AvgIpc) is 3.22. The molecule has 0 aliphatic heterocycles. The van der Waals surface area contributed by atoms with Gasteiger partial charge < -0.3 is 5.32 Å². The summed E-state index contributed by atoms with van der Waals surface area (Å²) in [5.41, 5.74) is 0.778. The summed E-state index contributed by atoms with van der Waals surface area (Å²) in [5, 5.41) is 12.0. The Kier molecular flexibility index (Phi) is 6.71. The first-order chi connectivity index (χ1) is 15.8. The van der Waals surface area contributed by atoms with Crippen molar-refractivity contribution in [2.24, 2.45) is 0 Å². The number of nitrogens with zero attached hydrogens (tertiary/aromatic N) is 3. The molecule has 0 saturated carbocycles. The zero-order valence-electron chi connectivity index (χ0n) is 16.9. The van der Waals surface area contributed by atoms with Crippen LogP contribution in [0.15, 0.2) is 84.0 Å². The molecule has 0 saturated heterocycles. The fourth-order valence-corrected chi connectivity index (χ4v) is 4.03. The van der Waals surface area contributed by atoms with Crippen molar-refractivity contribution in [2.75, 3.05) is 11.1 Å². The van der Waals surface area contributed by atoms with Gasteiger partial charge in [-0.05, 0) is 42.5 Å². The number of hydrogen-bond acceptors (Lipinski definition) is 4. The first kappa shape index (κ1) is 22.9. The van der Waals surface area contributed by atoms with Crippen molar-refractivity contribution in [3.8, 4) is 17.1 Å². The maximum Gasteiger partial charge on any atom is 0.416 e. The second kappa shape index (κ2) is 9.68. The summed E-state index contributed by atoms with van der Waals surface area (Å²) in [6.45, 7) is 0. The highest BCUT2D eigenvalue weighted by atomic mass is 35.5. The predicted octanol–water partition coefficient (Wildman–Crippen LogP) is 6.34. The van der Waals surface area contributed by atoms with Gasteiger partial charge in [0, 0.05) is 22.0 Å². The van der Waals surface area contributed by atoms with E-state index in [1.807, 2.05) is 36.4 Å². The third-order valence-corrected chi connectivity index (χ3v) is 5.70. The first-order valence-electron chi connectivity index (χ1n) is 9.68. The van der Waals surface area contributed by atoms with Gasteiger partial charge in [-0.1, -0.05) is 59.8 Å². The number of amides is 1. The van der Waals surface area contributed by atoms with E-state index in [2.05, 4.69) is 15.5 Å². The second-order valence-electron chi connectivity index (χ2n) is 6.90. The van der Waals surface area contributed by atoms with E-state index in [1.54, 1.807) is 22.8 Å². The van der Waals surface area contributed by atoms with Gasteiger partial charge in [0.25, 0.3) is 0 Å². The largest absolute Gasteiger partial charge is 0.416 e. The fraction of sp³-hybridized carbons (Fsp3) is 0.0870. The number of para-hydroxylation sites is 1. The maximum absolute atomic E-state index is 12.9. The van der Waals surface area contributed by atoms with Crippen LogP contribution in [0.5, 0.6) is 0 Å². The smallest absolute Gasteiger partial charge is 0.325 e. The molecule has 0 fully saturated rings. The minimum atomic E-state index is -4.49. The van der Waals surface area contributed by atoms with E-state index in [-0.39, 0.29) is 11.4 Å². The number of aromatic nitrogens is 3. The van der Waals surface area contributed by atoms with Crippen molar-refractivity contribution in [2.45, 2.75) is 11.3 Å². The van der Waals surface area contributed by atoms with E-state index in [0.29, 0.717) is 16.0 Å². The van der Waals surface area contributed by atoms with E-state index >= 15 is 0 Å². The Morgan fingerprint density at radius 2 is 1.73 bits per heavy atom. The fourth-order valence-electron chi connectivity index (χ4n) is 3.09. The van der Waals surface area contributed by atoms with Crippen LogP contribution in [0.4, 0.5) is 18.9 Å². The lowest BCUT2D eigenvalue weighted by molar-refractivity contribution is -0.137. The van der Waals surface area contributed by atoms with Gasteiger partial charge in [-0.3, -0.25) is 9.36 Å². The van der Waals surface area contributed by atoms with Gasteiger partial charge in [-0.25, -0.2) is 0 Å². The highest BCUT2D eigenvalue weighted by molar-refractivity contribution is 7.99. The quantitative estimate of drug-likeness (QED) is 0.322. The van der Waals surface area contributed by atoms with E-state index in [1.165, 1.54) is 12.1 Å². The van der Waals surface area contributed by atoms with Crippen LogP contribution in [0.3, 0.4) is 0 Å². The predicted molar refractivity (Wildman–Crippen MR) is 123 cm³/mol. The van der Waals surface area contributed by atoms with Gasteiger partial charge in [-0.2, -0.15) is 13.2 Å². The lowest BCUT2D eigenvalue weighted by Gasteiger charge is -2.11. The summed E-state index contributed by atoms with van der Waals surface area (Å²) in [7, 11) is 0. The van der Waals surface area contributed by atoms with Crippen LogP contribution in [-0.4, -0.2) is 26.4 Å². The number of alkyl halides is 3. The van der Waals surface area contributed by atoms with Crippen LogP contribution >= 0.6 is 23.4 Å². The SMILES string of the molecule is O=C(CSc1nnc(-c2cccc(Cl)c2)n1-c1ccccc1)Nc1cccc(C(F)(F)F)c1. The molecule has 10 heteroatoms. The molecule has 1 N–H and O–H groups in total. The number of nitrogens with one attached hydrogen (secondary N) is 1. The van der Waals surface area contributed by atoms with Crippen molar-refractivity contribution in [1.29, 1.82) is 0 Å². The summed E-state index contributed by atoms with van der Waals surface area (Å²) in [4.78, 5) is 12.4. The Labute approximate surface area is 196 Å². The van der Waals surface area contributed by atoms with Crippen LogP contribution in [0.1, 0.15) is 5.56 Å². The summed E-state index contributed by atoms with van der Waals surface area (Å²) in [6, 6.07) is 21.0. The molecule has 0 spiro atoms. The van der Waals surface area contributed by atoms with Crippen molar-refractivity contribution in [3.63, 3.8) is 0 Å². The van der Waals surface area contributed by atoms with Crippen LogP contribution in [-0.2, 0) is 11.0 Å². The topological polar surface area (TPSA) is 59.8 Å². The zero-order chi connectivity index (χ0) is 23.4. The van der Waals surface area contributed by atoms with Crippen LogP contribution in [0, 0.1) is 0 Å². The van der Waals surface area contributed by atoms with Crippen LogP contribution in [0.2, 0.25) is 5.02 Å². The van der Waals surface area contributed by atoms with E-state index < -0.39 is 17.6 Å². The number of rotatable bonds is 6. The number of benzene rings is 3. The summed E-state index contributed by atoms with van der Waals surface area (Å²) < 4.78 is 40.5. The zero-order valence-corrected chi connectivity index (χ0v) is 18.5. The normalized spacial score (nSPS) is 11.4. The minimum Gasteiger partial charge on any atom is -0.325 e. The number of halogens is 4. The monoisotopic (exact) mass is 488 g/mol. The third kappa shape index (κ3) is 5.55. The molecule has 0 radical (unpaired) electrons. The molecule has 0 atom stereocenters. The van der Waals surface area contributed by atoms with Gasteiger partial charge >= 0.3 is 6.18 Å². The molecule has 168 valence electrons. The molecule has 4 aromatic rings. The molecule has 0 bridgehead atoms. The Hall–Kier alpha value is -3.30. The van der Waals surface area contributed by atoms with Crippen molar-refractivity contribution in [3.05, 3.63) is 89.4 Å². The number of thioether (sulfide) groups is 1. The Balaban J connectivity index is 1.56. The molecule has 0 unspecified atom stereocenters. The standard InChI is InChI=1S/C23H16ClF3N4OS/c24-17-8-4-6-15(12-17)21-29-30-22(31(21)19-10-2-1-3-11-19)33-14-20(32)28-18-9-5-7-16(13-18)23(25,26)27/h1-13H,14H2,(H,28,32). The Bertz CT molecular complexity index is 1280. The molecule has 5 nitrogen and oxygen atoms in total. The number of carbonyl (C=O) groups excluding carboxylic acids is 1. The molecular formula is C23H16ClF3N4OS. The van der Waals surface area contributed by atoms with Gasteiger partial charge in [0.15, 0.2) is 11.0 Å². The molecule has 1 aromatic heterocycles. The maximum atomic E-state index is 12.9. The van der Waals surface area contributed by atoms with Crippen molar-refractivity contribution >= 4 is 35.0 Å². The first-order valence-corrected chi connectivity index (χ1v) is 11.0. The van der Waals surface area contributed by atoms with Crippen LogP contribution < -0.4 is 5.32 Å². The van der Waals surface area contributed by atoms with E-state index in [4.69, 9.17) is 11.6 Å². The van der Waals surface area contributed by atoms with Gasteiger partial charge in [0.1, 0.15) is 0 Å². The van der Waals surface area contributed by atoms with Gasteiger partial charge in [0.2, 0.25) is 5.91 Å². The highest BCUT2D eigenvalue weighted by Gasteiger charge is 2.30. The summed E-state index contributed by atoms with van der Waals surface area (Å²) in [5.74, 6) is 0.00672. The number of hydrogen-bond donors (Lipinski definition) is 1. The lowest BCUT2D eigenvalue weighted by Crippen LogP contribution is -2.15. The molecule has 3 aromatic carbocycles. The lowest BCUT2D eigenvalue weighted by atomic mass is 10.2. The summed E-state index contributed by atoms with van der Waals surface area (Å²) >= 11 is 7.25. The van der Waals surface area contributed by atoms with E-state index in [9.17, 15) is 18.0 Å². The molecule has 33 heavy (non-hydrogen) atoms. The second-order valence-corrected chi connectivity index (χ2v) is 8.28. The van der Waals surface area contributed by atoms with Crippen molar-refractivity contribution < 1.29 is 18.0 Å². The van der Waals surface area contributed by atoms with Gasteiger partial charge in [0.05, 0.1) is 11.3 Å². The van der Waals surface area contributed by atoms with Crippen LogP contribution in [0.25, 0.3) is 17.1 Å². The molecule has 1 heterocycles. The number of anilines is 1. The van der Waals surface area contributed by atoms with E-state index in [0.717, 1.165) is 35.1 Å². The Morgan fingerprint density at radius 1 is 0.970 bits per heavy atom. The van der Waals surface area contributed by atoms with Gasteiger partial charge in [-0.15, -0.1) is 10.2 Å². The minimum absolute atomic E-state index is 0.0690. The molecule has 4 rings (SSSR count). The Morgan fingerprint density at radius 3 is 2.45 bits per heavy atom. The highest BCUT2D eigenvalue weighted by Crippen LogP contribution is 2.31. The summed E-state index contributed by atoms with van der Waals surface area (Å²) in [6.07, 6.45) is -4.49. The molecule has 0 aliphatic rings. The van der Waals surface area contributed by atoms with Crippen molar-refractivity contribution in [1.82, 2.24) is 14.8 Å². The number of carbonyl (C=O) groups is 1. The molecule has 1 amide bonds. The average molecular weight is 489 g/mol.